The van der Waals surface area contributed by atoms with E-state index in [0.29, 0.717) is 13.1 Å². The van der Waals surface area contributed by atoms with E-state index >= 15 is 0 Å². The molecule has 0 saturated carbocycles. The SMILES string of the molecule is CCN(CC)C(=O)C(=O)NC(C)(C)CC(C)(C)C. The van der Waals surface area contributed by atoms with Gasteiger partial charge in [-0.2, -0.15) is 0 Å². The topological polar surface area (TPSA) is 49.4 Å². The van der Waals surface area contributed by atoms with Gasteiger partial charge < -0.3 is 10.2 Å². The molecule has 0 rings (SSSR count). The molecule has 0 unspecified atom stereocenters. The standard InChI is InChI=1S/C14H28N2O2/c1-8-16(9-2)12(18)11(17)15-14(6,7)10-13(3,4)5/h8-10H2,1-7H3,(H,15,17). The van der Waals surface area contributed by atoms with Crippen molar-refractivity contribution in [1.29, 1.82) is 0 Å². The molecule has 0 aliphatic rings. The molecule has 0 bridgehead atoms. The monoisotopic (exact) mass is 256 g/mol. The van der Waals surface area contributed by atoms with Crippen LogP contribution < -0.4 is 5.32 Å². The van der Waals surface area contributed by atoms with Gasteiger partial charge in [0, 0.05) is 18.6 Å². The van der Waals surface area contributed by atoms with E-state index in [1.165, 1.54) is 4.90 Å². The van der Waals surface area contributed by atoms with Crippen LogP contribution in [-0.2, 0) is 9.59 Å². The van der Waals surface area contributed by atoms with Crippen molar-refractivity contribution in [2.24, 2.45) is 5.41 Å². The van der Waals surface area contributed by atoms with Gasteiger partial charge in [-0.25, -0.2) is 0 Å². The van der Waals surface area contributed by atoms with Crippen LogP contribution in [0.15, 0.2) is 0 Å². The first-order chi connectivity index (χ1) is 8.02. The summed E-state index contributed by atoms with van der Waals surface area (Å²) in [5.41, 5.74) is -0.271. The van der Waals surface area contributed by atoms with E-state index in [1.54, 1.807) is 0 Å². The molecule has 2 amide bonds. The van der Waals surface area contributed by atoms with Crippen LogP contribution in [0.1, 0.15) is 54.9 Å². The highest BCUT2D eigenvalue weighted by molar-refractivity contribution is 6.35. The second kappa shape index (κ2) is 6.21. The van der Waals surface area contributed by atoms with Crippen LogP contribution in [0.5, 0.6) is 0 Å². The van der Waals surface area contributed by atoms with E-state index < -0.39 is 11.8 Å². The zero-order valence-corrected chi connectivity index (χ0v) is 12.9. The normalized spacial score (nSPS) is 12.2. The minimum atomic E-state index is -0.507. The van der Waals surface area contributed by atoms with Gasteiger partial charge in [0.2, 0.25) is 0 Å². The van der Waals surface area contributed by atoms with E-state index in [0.717, 1.165) is 6.42 Å². The predicted molar refractivity (Wildman–Crippen MR) is 74.2 cm³/mol. The van der Waals surface area contributed by atoms with E-state index in [9.17, 15) is 9.59 Å². The van der Waals surface area contributed by atoms with Gasteiger partial charge in [0.15, 0.2) is 0 Å². The van der Waals surface area contributed by atoms with Crippen LogP contribution in [0.2, 0.25) is 0 Å². The van der Waals surface area contributed by atoms with E-state index in [1.807, 2.05) is 27.7 Å². The Balaban J connectivity index is 4.60. The van der Waals surface area contributed by atoms with Crippen LogP contribution in [0.25, 0.3) is 0 Å². The molecule has 0 radical (unpaired) electrons. The lowest BCUT2D eigenvalue weighted by atomic mass is 9.82. The maximum Gasteiger partial charge on any atom is 0.311 e. The van der Waals surface area contributed by atoms with Crippen molar-refractivity contribution in [3.63, 3.8) is 0 Å². The lowest BCUT2D eigenvalue weighted by Crippen LogP contribution is -2.52. The molecule has 4 heteroatoms. The summed E-state index contributed by atoms with van der Waals surface area (Å²) in [7, 11) is 0. The summed E-state index contributed by atoms with van der Waals surface area (Å²) in [5.74, 6) is -0.949. The molecule has 1 N–H and O–H groups in total. The molecule has 0 aromatic rings. The second-order valence-electron chi connectivity index (χ2n) is 6.55. The Morgan fingerprint density at radius 3 is 1.78 bits per heavy atom. The van der Waals surface area contributed by atoms with Crippen molar-refractivity contribution in [2.45, 2.75) is 60.4 Å². The molecule has 0 aromatic heterocycles. The Hall–Kier alpha value is -1.06. The zero-order chi connectivity index (χ0) is 14.6. The minimum Gasteiger partial charge on any atom is -0.343 e. The third-order valence-corrected chi connectivity index (χ3v) is 2.67. The molecular weight excluding hydrogens is 228 g/mol. The average Bonchev–Trinajstić information content (AvgIpc) is 2.14. The third kappa shape index (κ3) is 6.03. The average molecular weight is 256 g/mol. The van der Waals surface area contributed by atoms with Gasteiger partial charge in [-0.15, -0.1) is 0 Å². The highest BCUT2D eigenvalue weighted by Crippen LogP contribution is 2.26. The van der Waals surface area contributed by atoms with Crippen molar-refractivity contribution >= 4 is 11.8 Å². The first-order valence-corrected chi connectivity index (χ1v) is 6.64. The Labute approximate surface area is 111 Å². The van der Waals surface area contributed by atoms with Gasteiger partial charge in [0.25, 0.3) is 0 Å². The van der Waals surface area contributed by atoms with E-state index in [-0.39, 0.29) is 11.0 Å². The first kappa shape index (κ1) is 16.9. The number of likely N-dealkylation sites (N-methyl/N-ethyl adjacent to an activating group) is 1. The fourth-order valence-corrected chi connectivity index (χ4v) is 2.39. The number of carbonyl (C=O) groups excluding carboxylic acids is 2. The number of rotatable bonds is 4. The lowest BCUT2D eigenvalue weighted by Gasteiger charge is -2.33. The fourth-order valence-electron chi connectivity index (χ4n) is 2.39. The lowest BCUT2D eigenvalue weighted by molar-refractivity contribution is -0.146. The fraction of sp³-hybridized carbons (Fsp3) is 0.857. The molecule has 0 spiro atoms. The van der Waals surface area contributed by atoms with Gasteiger partial charge in [-0.1, -0.05) is 20.8 Å². The van der Waals surface area contributed by atoms with Gasteiger partial charge in [-0.3, -0.25) is 9.59 Å². The van der Waals surface area contributed by atoms with Crippen LogP contribution in [-0.4, -0.2) is 35.3 Å². The highest BCUT2D eigenvalue weighted by atomic mass is 16.2. The summed E-state index contributed by atoms with van der Waals surface area (Å²) in [5, 5.41) is 2.83. The number of carbonyl (C=O) groups is 2. The molecular formula is C14H28N2O2. The molecule has 106 valence electrons. The Morgan fingerprint density at radius 2 is 1.44 bits per heavy atom. The Morgan fingerprint density at radius 1 is 1.00 bits per heavy atom. The summed E-state index contributed by atoms with van der Waals surface area (Å²) >= 11 is 0. The summed E-state index contributed by atoms with van der Waals surface area (Å²) < 4.78 is 0. The number of nitrogens with zero attached hydrogens (tertiary/aromatic N) is 1. The summed E-state index contributed by atoms with van der Waals surface area (Å²) in [6, 6.07) is 0. The summed E-state index contributed by atoms with van der Waals surface area (Å²) in [6.45, 7) is 15.1. The summed E-state index contributed by atoms with van der Waals surface area (Å²) in [4.78, 5) is 25.3. The van der Waals surface area contributed by atoms with Gasteiger partial charge in [0.1, 0.15) is 0 Å². The molecule has 0 aliphatic carbocycles. The quantitative estimate of drug-likeness (QED) is 0.784. The van der Waals surface area contributed by atoms with E-state index in [4.69, 9.17) is 0 Å². The first-order valence-electron chi connectivity index (χ1n) is 6.64. The molecule has 0 aliphatic heterocycles. The maximum atomic E-state index is 11.9. The number of nitrogens with one attached hydrogen (secondary N) is 1. The molecule has 0 fully saturated rings. The van der Waals surface area contributed by atoms with Gasteiger partial charge in [0.05, 0.1) is 0 Å². The van der Waals surface area contributed by atoms with Crippen molar-refractivity contribution in [3.05, 3.63) is 0 Å². The predicted octanol–water partition coefficient (Wildman–Crippen LogP) is 2.19. The van der Waals surface area contributed by atoms with Crippen LogP contribution in [0.3, 0.4) is 0 Å². The van der Waals surface area contributed by atoms with Crippen LogP contribution >= 0.6 is 0 Å². The maximum absolute atomic E-state index is 11.9. The molecule has 0 atom stereocenters. The Kier molecular flexibility index (Phi) is 5.84. The smallest absolute Gasteiger partial charge is 0.311 e. The second-order valence-corrected chi connectivity index (χ2v) is 6.55. The third-order valence-electron chi connectivity index (χ3n) is 2.67. The number of hydrogen-bond acceptors (Lipinski definition) is 2. The van der Waals surface area contributed by atoms with E-state index in [2.05, 4.69) is 26.1 Å². The minimum absolute atomic E-state index is 0.106. The molecule has 18 heavy (non-hydrogen) atoms. The largest absolute Gasteiger partial charge is 0.343 e. The molecule has 0 heterocycles. The molecule has 4 nitrogen and oxygen atoms in total. The van der Waals surface area contributed by atoms with Crippen molar-refractivity contribution in [1.82, 2.24) is 10.2 Å². The van der Waals surface area contributed by atoms with Crippen molar-refractivity contribution in [3.8, 4) is 0 Å². The van der Waals surface area contributed by atoms with Gasteiger partial charge in [-0.05, 0) is 39.5 Å². The Bertz CT molecular complexity index is 299. The van der Waals surface area contributed by atoms with Crippen LogP contribution in [0.4, 0.5) is 0 Å². The number of hydrogen-bond donors (Lipinski definition) is 1. The van der Waals surface area contributed by atoms with Gasteiger partial charge >= 0.3 is 11.8 Å². The van der Waals surface area contributed by atoms with Crippen molar-refractivity contribution < 1.29 is 9.59 Å². The molecule has 0 saturated heterocycles. The molecule has 0 aromatic carbocycles. The van der Waals surface area contributed by atoms with Crippen LogP contribution in [0, 0.1) is 5.41 Å². The van der Waals surface area contributed by atoms with Crippen molar-refractivity contribution in [2.75, 3.05) is 13.1 Å². The summed E-state index contributed by atoms with van der Waals surface area (Å²) in [6.07, 6.45) is 0.817. The zero-order valence-electron chi connectivity index (χ0n) is 12.9. The number of amides is 2. The highest BCUT2D eigenvalue weighted by Gasteiger charge is 2.30.